The standard InChI is InChI=1S/C18H32N4OS/c1-15(13-22-7-9-23-10-8-22)12-20-17(19-4)21-14-18(2,3)16-6-5-11-24-16/h5-6,11,15H,7-10,12-14H2,1-4H3,(H2,19,20,21). The van der Waals surface area contributed by atoms with Crippen LogP contribution in [0.25, 0.3) is 0 Å². The van der Waals surface area contributed by atoms with Crippen molar-refractivity contribution < 1.29 is 4.74 Å². The quantitative estimate of drug-likeness (QED) is 0.583. The van der Waals surface area contributed by atoms with Crippen molar-refractivity contribution in [1.29, 1.82) is 0 Å². The normalized spacial score (nSPS) is 18.4. The molecule has 0 aromatic carbocycles. The summed E-state index contributed by atoms with van der Waals surface area (Å²) in [5.74, 6) is 1.46. The highest BCUT2D eigenvalue weighted by molar-refractivity contribution is 7.10. The van der Waals surface area contributed by atoms with Crippen LogP contribution < -0.4 is 10.6 Å². The number of guanidine groups is 1. The van der Waals surface area contributed by atoms with Crippen LogP contribution in [0.1, 0.15) is 25.6 Å². The molecule has 1 saturated heterocycles. The van der Waals surface area contributed by atoms with E-state index in [0.29, 0.717) is 5.92 Å². The minimum Gasteiger partial charge on any atom is -0.379 e. The second kappa shape index (κ2) is 9.39. The van der Waals surface area contributed by atoms with Gasteiger partial charge in [0.1, 0.15) is 0 Å². The molecular weight excluding hydrogens is 320 g/mol. The van der Waals surface area contributed by atoms with E-state index in [1.54, 1.807) is 0 Å². The highest BCUT2D eigenvalue weighted by atomic mass is 32.1. The Hall–Kier alpha value is -1.11. The lowest BCUT2D eigenvalue weighted by atomic mass is 9.91. The van der Waals surface area contributed by atoms with Gasteiger partial charge in [-0.1, -0.05) is 26.8 Å². The number of nitrogens with zero attached hydrogens (tertiary/aromatic N) is 2. The van der Waals surface area contributed by atoms with Crippen molar-refractivity contribution in [3.63, 3.8) is 0 Å². The Balaban J connectivity index is 1.72. The smallest absolute Gasteiger partial charge is 0.191 e. The first kappa shape index (κ1) is 19.2. The molecule has 0 bridgehead atoms. The molecule has 0 amide bonds. The summed E-state index contributed by atoms with van der Waals surface area (Å²) in [6.07, 6.45) is 0. The Kier molecular flexibility index (Phi) is 7.52. The van der Waals surface area contributed by atoms with Gasteiger partial charge >= 0.3 is 0 Å². The number of thiophene rings is 1. The zero-order valence-electron chi connectivity index (χ0n) is 15.5. The SMILES string of the molecule is CN=C(NCC(C)CN1CCOCC1)NCC(C)(C)c1cccs1. The molecule has 1 atom stereocenters. The monoisotopic (exact) mass is 352 g/mol. The van der Waals surface area contributed by atoms with Gasteiger partial charge < -0.3 is 15.4 Å². The number of morpholine rings is 1. The molecule has 2 N–H and O–H groups in total. The van der Waals surface area contributed by atoms with Crippen LogP contribution >= 0.6 is 11.3 Å². The van der Waals surface area contributed by atoms with Gasteiger partial charge in [-0.3, -0.25) is 9.89 Å². The molecule has 0 saturated carbocycles. The number of hydrogen-bond donors (Lipinski definition) is 2. The summed E-state index contributed by atoms with van der Waals surface area (Å²) >= 11 is 1.81. The predicted molar refractivity (Wildman–Crippen MR) is 103 cm³/mol. The fourth-order valence-corrected chi connectivity index (χ4v) is 3.69. The summed E-state index contributed by atoms with van der Waals surface area (Å²) in [6.45, 7) is 13.5. The maximum atomic E-state index is 5.41. The van der Waals surface area contributed by atoms with E-state index in [1.165, 1.54) is 4.88 Å². The zero-order chi connectivity index (χ0) is 17.4. The average molecular weight is 353 g/mol. The van der Waals surface area contributed by atoms with E-state index < -0.39 is 0 Å². The summed E-state index contributed by atoms with van der Waals surface area (Å²) in [5, 5.41) is 9.07. The third-order valence-electron chi connectivity index (χ3n) is 4.40. The van der Waals surface area contributed by atoms with E-state index in [9.17, 15) is 0 Å². The first-order valence-electron chi connectivity index (χ1n) is 8.80. The second-order valence-corrected chi connectivity index (χ2v) is 8.13. The van der Waals surface area contributed by atoms with E-state index in [0.717, 1.165) is 51.9 Å². The van der Waals surface area contributed by atoms with Crippen molar-refractivity contribution in [2.24, 2.45) is 10.9 Å². The number of rotatable bonds is 7. The van der Waals surface area contributed by atoms with Crippen LogP contribution in [0.5, 0.6) is 0 Å². The van der Waals surface area contributed by atoms with Crippen molar-refractivity contribution >= 4 is 17.3 Å². The third-order valence-corrected chi connectivity index (χ3v) is 5.64. The van der Waals surface area contributed by atoms with Crippen molar-refractivity contribution in [3.8, 4) is 0 Å². The highest BCUT2D eigenvalue weighted by Gasteiger charge is 2.22. The molecule has 1 aliphatic rings. The molecule has 0 aliphatic carbocycles. The number of nitrogens with one attached hydrogen (secondary N) is 2. The molecule has 1 unspecified atom stereocenters. The lowest BCUT2D eigenvalue weighted by Crippen LogP contribution is -2.46. The molecular formula is C18H32N4OS. The van der Waals surface area contributed by atoms with Crippen LogP contribution in [0.4, 0.5) is 0 Å². The second-order valence-electron chi connectivity index (χ2n) is 7.19. The fraction of sp³-hybridized carbons (Fsp3) is 0.722. The van der Waals surface area contributed by atoms with Gasteiger partial charge in [0.15, 0.2) is 5.96 Å². The summed E-state index contributed by atoms with van der Waals surface area (Å²) in [4.78, 5) is 8.23. The summed E-state index contributed by atoms with van der Waals surface area (Å²) in [6, 6.07) is 4.31. The van der Waals surface area contributed by atoms with E-state index in [-0.39, 0.29) is 5.41 Å². The molecule has 0 radical (unpaired) electrons. The molecule has 2 heterocycles. The zero-order valence-corrected chi connectivity index (χ0v) is 16.3. The van der Waals surface area contributed by atoms with Gasteiger partial charge in [0.05, 0.1) is 13.2 Å². The van der Waals surface area contributed by atoms with Crippen LogP contribution in [-0.4, -0.2) is 63.8 Å². The summed E-state index contributed by atoms with van der Waals surface area (Å²) in [5.41, 5.74) is 0.102. The van der Waals surface area contributed by atoms with Crippen LogP contribution in [-0.2, 0) is 10.2 Å². The Morgan fingerprint density at radius 2 is 2.12 bits per heavy atom. The first-order valence-corrected chi connectivity index (χ1v) is 9.68. The maximum absolute atomic E-state index is 5.41. The molecule has 2 rings (SSSR count). The Morgan fingerprint density at radius 3 is 2.75 bits per heavy atom. The van der Waals surface area contributed by atoms with Crippen molar-refractivity contribution in [3.05, 3.63) is 22.4 Å². The topological polar surface area (TPSA) is 48.9 Å². The highest BCUT2D eigenvalue weighted by Crippen LogP contribution is 2.26. The van der Waals surface area contributed by atoms with Crippen molar-refractivity contribution in [2.45, 2.75) is 26.2 Å². The van der Waals surface area contributed by atoms with Crippen LogP contribution in [0.3, 0.4) is 0 Å². The molecule has 24 heavy (non-hydrogen) atoms. The molecule has 1 aliphatic heterocycles. The Labute approximate surface area is 150 Å². The average Bonchev–Trinajstić information content (AvgIpc) is 3.11. The molecule has 136 valence electrons. The number of ether oxygens (including phenoxy) is 1. The Bertz CT molecular complexity index is 495. The minimum atomic E-state index is 0.102. The van der Waals surface area contributed by atoms with E-state index in [2.05, 4.69) is 58.8 Å². The summed E-state index contributed by atoms with van der Waals surface area (Å²) in [7, 11) is 1.83. The minimum absolute atomic E-state index is 0.102. The molecule has 0 spiro atoms. The fourth-order valence-electron chi connectivity index (χ4n) is 2.84. The molecule has 5 nitrogen and oxygen atoms in total. The number of aliphatic imine (C=N–C) groups is 1. The Morgan fingerprint density at radius 1 is 1.38 bits per heavy atom. The largest absolute Gasteiger partial charge is 0.379 e. The van der Waals surface area contributed by atoms with Crippen LogP contribution in [0.2, 0.25) is 0 Å². The van der Waals surface area contributed by atoms with Crippen LogP contribution in [0, 0.1) is 5.92 Å². The van der Waals surface area contributed by atoms with E-state index in [1.807, 2.05) is 18.4 Å². The van der Waals surface area contributed by atoms with Crippen LogP contribution in [0.15, 0.2) is 22.5 Å². The van der Waals surface area contributed by atoms with Crippen molar-refractivity contribution in [1.82, 2.24) is 15.5 Å². The van der Waals surface area contributed by atoms with Gasteiger partial charge in [-0.05, 0) is 17.4 Å². The first-order chi connectivity index (χ1) is 11.5. The van der Waals surface area contributed by atoms with Gasteiger partial charge in [0.25, 0.3) is 0 Å². The maximum Gasteiger partial charge on any atom is 0.191 e. The van der Waals surface area contributed by atoms with E-state index >= 15 is 0 Å². The van der Waals surface area contributed by atoms with Gasteiger partial charge in [-0.15, -0.1) is 11.3 Å². The molecule has 1 aromatic rings. The van der Waals surface area contributed by atoms with Gasteiger partial charge in [0.2, 0.25) is 0 Å². The van der Waals surface area contributed by atoms with Gasteiger partial charge in [0, 0.05) is 50.1 Å². The lowest BCUT2D eigenvalue weighted by molar-refractivity contribution is 0.0320. The molecule has 6 heteroatoms. The molecule has 1 aromatic heterocycles. The third kappa shape index (κ3) is 6.07. The van der Waals surface area contributed by atoms with Gasteiger partial charge in [-0.25, -0.2) is 0 Å². The molecule has 1 fully saturated rings. The number of hydrogen-bond acceptors (Lipinski definition) is 4. The van der Waals surface area contributed by atoms with E-state index in [4.69, 9.17) is 4.74 Å². The van der Waals surface area contributed by atoms with Crippen molar-refractivity contribution in [2.75, 3.05) is 53.0 Å². The van der Waals surface area contributed by atoms with Gasteiger partial charge in [-0.2, -0.15) is 0 Å². The predicted octanol–water partition coefficient (Wildman–Crippen LogP) is 2.16. The lowest BCUT2D eigenvalue weighted by Gasteiger charge is -2.29. The summed E-state index contributed by atoms with van der Waals surface area (Å²) < 4.78 is 5.41.